The van der Waals surface area contributed by atoms with Gasteiger partial charge in [0.1, 0.15) is 0 Å². The summed E-state index contributed by atoms with van der Waals surface area (Å²) in [6.07, 6.45) is 4.19. The Balaban J connectivity index is 0.00000180. The van der Waals surface area contributed by atoms with Gasteiger partial charge in [-0.1, -0.05) is 24.3 Å². The molecule has 106 valence electrons. The van der Waals surface area contributed by atoms with E-state index in [-0.39, 0.29) is 24.2 Å². The van der Waals surface area contributed by atoms with Gasteiger partial charge in [-0.25, -0.2) is 0 Å². The third-order valence-electron chi connectivity index (χ3n) is 3.59. The highest BCUT2D eigenvalue weighted by molar-refractivity contribution is 5.85. The van der Waals surface area contributed by atoms with E-state index < -0.39 is 0 Å². The van der Waals surface area contributed by atoms with Crippen molar-refractivity contribution in [3.05, 3.63) is 35.4 Å². The maximum atomic E-state index is 12.2. The molecule has 1 amide bonds. The van der Waals surface area contributed by atoms with Gasteiger partial charge in [0.2, 0.25) is 5.91 Å². The van der Waals surface area contributed by atoms with Gasteiger partial charge in [-0.15, -0.1) is 12.4 Å². The Kier molecular flexibility index (Phi) is 6.89. The second-order valence-corrected chi connectivity index (χ2v) is 4.89. The number of fused-ring (bicyclic) bond motifs is 1. The Morgan fingerprint density at radius 1 is 1.32 bits per heavy atom. The summed E-state index contributed by atoms with van der Waals surface area (Å²) in [7, 11) is 1.93. The maximum absolute atomic E-state index is 12.2. The highest BCUT2D eigenvalue weighted by atomic mass is 35.5. The summed E-state index contributed by atoms with van der Waals surface area (Å²) in [5.74, 6) is 0.253. The first-order valence-electron chi connectivity index (χ1n) is 6.83. The van der Waals surface area contributed by atoms with Crippen molar-refractivity contribution >= 4 is 18.3 Å². The van der Waals surface area contributed by atoms with Gasteiger partial charge in [0.25, 0.3) is 0 Å². The number of halogens is 1. The summed E-state index contributed by atoms with van der Waals surface area (Å²) in [6.45, 7) is 1.71. The van der Waals surface area contributed by atoms with E-state index in [2.05, 4.69) is 28.8 Å². The van der Waals surface area contributed by atoms with E-state index in [4.69, 9.17) is 0 Å². The molecule has 1 aromatic rings. The van der Waals surface area contributed by atoms with E-state index in [0.717, 1.165) is 38.8 Å². The Morgan fingerprint density at radius 2 is 2.11 bits per heavy atom. The van der Waals surface area contributed by atoms with E-state index in [1.54, 1.807) is 0 Å². The van der Waals surface area contributed by atoms with Gasteiger partial charge in [-0.2, -0.15) is 0 Å². The van der Waals surface area contributed by atoms with Crippen LogP contribution in [0.3, 0.4) is 0 Å². The van der Waals surface area contributed by atoms with Crippen LogP contribution in [0, 0.1) is 0 Å². The number of aryl methyl sites for hydroxylation is 1. The molecule has 1 atom stereocenters. The van der Waals surface area contributed by atoms with Crippen molar-refractivity contribution in [2.75, 3.05) is 20.1 Å². The summed E-state index contributed by atoms with van der Waals surface area (Å²) in [5.41, 5.74) is 2.58. The molecule has 0 bridgehead atoms. The molecule has 0 aromatic heterocycles. The molecule has 0 fully saturated rings. The molecule has 0 heterocycles. The van der Waals surface area contributed by atoms with E-state index in [0.29, 0.717) is 0 Å². The van der Waals surface area contributed by atoms with Crippen LogP contribution in [-0.2, 0) is 11.2 Å². The molecule has 1 aliphatic carbocycles. The van der Waals surface area contributed by atoms with Gasteiger partial charge in [-0.05, 0) is 50.4 Å². The van der Waals surface area contributed by atoms with E-state index >= 15 is 0 Å². The lowest BCUT2D eigenvalue weighted by atomic mass is 9.82. The van der Waals surface area contributed by atoms with Gasteiger partial charge in [-0.3, -0.25) is 4.79 Å². The zero-order valence-corrected chi connectivity index (χ0v) is 12.3. The monoisotopic (exact) mass is 282 g/mol. The Hall–Kier alpha value is -1.06. The Labute approximate surface area is 121 Å². The topological polar surface area (TPSA) is 41.1 Å². The van der Waals surface area contributed by atoms with Crippen molar-refractivity contribution in [2.45, 2.75) is 31.6 Å². The van der Waals surface area contributed by atoms with Crippen LogP contribution >= 0.6 is 12.4 Å². The molecule has 0 spiro atoms. The minimum atomic E-state index is 0. The number of carbonyl (C=O) groups excluding carboxylic acids is 1. The largest absolute Gasteiger partial charge is 0.356 e. The van der Waals surface area contributed by atoms with Crippen molar-refractivity contribution in [1.82, 2.24) is 10.6 Å². The molecule has 0 saturated heterocycles. The summed E-state index contributed by atoms with van der Waals surface area (Å²) in [6, 6.07) is 8.35. The summed E-state index contributed by atoms with van der Waals surface area (Å²) in [5, 5.41) is 6.13. The van der Waals surface area contributed by atoms with Crippen LogP contribution in [0.25, 0.3) is 0 Å². The fraction of sp³-hybridized carbons (Fsp3) is 0.533. The predicted octanol–water partition coefficient (Wildman–Crippen LogP) is 2.25. The average Bonchev–Trinajstić information content (AvgIpc) is 2.43. The molecule has 19 heavy (non-hydrogen) atoms. The Morgan fingerprint density at radius 3 is 2.89 bits per heavy atom. The number of rotatable bonds is 5. The van der Waals surface area contributed by atoms with Crippen molar-refractivity contribution in [2.24, 2.45) is 0 Å². The van der Waals surface area contributed by atoms with Gasteiger partial charge in [0.05, 0.1) is 5.92 Å². The van der Waals surface area contributed by atoms with Crippen LogP contribution in [0.5, 0.6) is 0 Å². The lowest BCUT2D eigenvalue weighted by molar-refractivity contribution is -0.122. The van der Waals surface area contributed by atoms with E-state index in [1.807, 2.05) is 13.1 Å². The lowest BCUT2D eigenvalue weighted by Gasteiger charge is -2.24. The fourth-order valence-corrected chi connectivity index (χ4v) is 2.63. The maximum Gasteiger partial charge on any atom is 0.227 e. The molecule has 2 N–H and O–H groups in total. The first kappa shape index (κ1) is 16.0. The lowest BCUT2D eigenvalue weighted by Crippen LogP contribution is -2.33. The normalized spacial score (nSPS) is 17.2. The molecule has 1 unspecified atom stereocenters. The highest BCUT2D eigenvalue weighted by Crippen LogP contribution is 2.31. The summed E-state index contributed by atoms with van der Waals surface area (Å²) >= 11 is 0. The molecular formula is C15H23ClN2O. The molecule has 1 aromatic carbocycles. The second kappa shape index (κ2) is 8.18. The zero-order chi connectivity index (χ0) is 12.8. The van der Waals surface area contributed by atoms with Crippen molar-refractivity contribution in [1.29, 1.82) is 0 Å². The third-order valence-corrected chi connectivity index (χ3v) is 3.59. The minimum absolute atomic E-state index is 0. The number of nitrogens with one attached hydrogen (secondary N) is 2. The number of hydrogen-bond donors (Lipinski definition) is 2. The molecule has 4 heteroatoms. The summed E-state index contributed by atoms with van der Waals surface area (Å²) < 4.78 is 0. The molecule has 2 rings (SSSR count). The summed E-state index contributed by atoms with van der Waals surface area (Å²) in [4.78, 5) is 12.2. The van der Waals surface area contributed by atoms with E-state index in [1.165, 1.54) is 11.1 Å². The molecule has 1 aliphatic rings. The van der Waals surface area contributed by atoms with Gasteiger partial charge in [0.15, 0.2) is 0 Å². The zero-order valence-electron chi connectivity index (χ0n) is 11.4. The smallest absolute Gasteiger partial charge is 0.227 e. The van der Waals surface area contributed by atoms with Gasteiger partial charge >= 0.3 is 0 Å². The van der Waals surface area contributed by atoms with Crippen LogP contribution in [0.15, 0.2) is 24.3 Å². The quantitative estimate of drug-likeness (QED) is 0.814. The first-order valence-corrected chi connectivity index (χ1v) is 6.83. The second-order valence-electron chi connectivity index (χ2n) is 4.89. The highest BCUT2D eigenvalue weighted by Gasteiger charge is 2.25. The number of benzene rings is 1. The molecule has 0 radical (unpaired) electrons. The van der Waals surface area contributed by atoms with Crippen LogP contribution in [0.4, 0.5) is 0 Å². The SMILES string of the molecule is CNCCCNC(=O)C1CCCc2ccccc21.Cl. The first-order chi connectivity index (χ1) is 8.83. The van der Waals surface area contributed by atoms with Crippen molar-refractivity contribution < 1.29 is 4.79 Å². The average molecular weight is 283 g/mol. The Bertz CT molecular complexity index is 409. The van der Waals surface area contributed by atoms with E-state index in [9.17, 15) is 4.79 Å². The van der Waals surface area contributed by atoms with Gasteiger partial charge < -0.3 is 10.6 Å². The van der Waals surface area contributed by atoms with Crippen LogP contribution < -0.4 is 10.6 Å². The predicted molar refractivity (Wildman–Crippen MR) is 80.9 cm³/mol. The number of hydrogen-bond acceptors (Lipinski definition) is 2. The number of carbonyl (C=O) groups is 1. The minimum Gasteiger partial charge on any atom is -0.356 e. The molecule has 0 aliphatic heterocycles. The van der Waals surface area contributed by atoms with Crippen LogP contribution in [0.2, 0.25) is 0 Å². The molecule has 3 nitrogen and oxygen atoms in total. The molecular weight excluding hydrogens is 260 g/mol. The van der Waals surface area contributed by atoms with Crippen molar-refractivity contribution in [3.8, 4) is 0 Å². The van der Waals surface area contributed by atoms with Crippen molar-refractivity contribution in [3.63, 3.8) is 0 Å². The molecule has 0 saturated carbocycles. The number of amides is 1. The van der Waals surface area contributed by atoms with Crippen LogP contribution in [-0.4, -0.2) is 26.0 Å². The standard InChI is InChI=1S/C15H22N2O.ClH/c1-16-10-5-11-17-15(18)14-9-4-7-12-6-2-3-8-13(12)14;/h2-3,6,8,14,16H,4-5,7,9-11H2,1H3,(H,17,18);1H. The third kappa shape index (κ3) is 4.22. The fourth-order valence-electron chi connectivity index (χ4n) is 2.63. The van der Waals surface area contributed by atoms with Gasteiger partial charge in [0, 0.05) is 6.54 Å². The van der Waals surface area contributed by atoms with Crippen LogP contribution in [0.1, 0.15) is 36.3 Å².